The zero-order valence-corrected chi connectivity index (χ0v) is 8.03. The van der Waals surface area contributed by atoms with Gasteiger partial charge in [-0.15, -0.1) is 0 Å². The number of halogens is 1. The van der Waals surface area contributed by atoms with Crippen LogP contribution in [0.15, 0.2) is 30.0 Å². The zero-order chi connectivity index (χ0) is 12.0. The summed E-state index contributed by atoms with van der Waals surface area (Å²) in [5, 5.41) is 28.1. The molecule has 0 saturated carbocycles. The van der Waals surface area contributed by atoms with Crippen LogP contribution in [0.5, 0.6) is 0 Å². The number of rotatable bonds is 2. The van der Waals surface area contributed by atoms with Gasteiger partial charge in [-0.3, -0.25) is 0 Å². The number of benzene rings is 1. The van der Waals surface area contributed by atoms with Crippen molar-refractivity contribution in [3.63, 3.8) is 0 Å². The van der Waals surface area contributed by atoms with Crippen LogP contribution in [0.2, 0.25) is 0 Å². The van der Waals surface area contributed by atoms with Crippen molar-refractivity contribution in [2.24, 2.45) is 0 Å². The fraction of sp³-hybridized carbons (Fsp3) is 0. The molecule has 0 aromatic heterocycles. The van der Waals surface area contributed by atoms with Crippen LogP contribution in [-0.2, 0) is 0 Å². The molecule has 0 bridgehead atoms. The summed E-state index contributed by atoms with van der Waals surface area (Å²) >= 11 is 0. The molecule has 0 unspecified atom stereocenters. The summed E-state index contributed by atoms with van der Waals surface area (Å²) in [6.45, 7) is 0. The Labute approximate surface area is 91.5 Å². The fourth-order valence-corrected chi connectivity index (χ4v) is 0.983. The SMILES string of the molecule is N#CC(C#N)=CNc1cc(F)cc(C#N)c1. The summed E-state index contributed by atoms with van der Waals surface area (Å²) in [4.78, 5) is 0. The standard InChI is InChI=1S/C11H5FN4/c12-10-1-8(4-13)2-11(3-10)16-7-9(5-14)6-15/h1-3,7,16H. The molecule has 4 nitrogen and oxygen atoms in total. The molecule has 0 amide bonds. The minimum absolute atomic E-state index is 0.136. The lowest BCUT2D eigenvalue weighted by Gasteiger charge is -2.01. The van der Waals surface area contributed by atoms with E-state index in [9.17, 15) is 4.39 Å². The van der Waals surface area contributed by atoms with E-state index in [1.54, 1.807) is 18.2 Å². The molecule has 0 spiro atoms. The smallest absolute Gasteiger partial charge is 0.145 e. The van der Waals surface area contributed by atoms with Gasteiger partial charge in [0.15, 0.2) is 0 Å². The van der Waals surface area contributed by atoms with Gasteiger partial charge in [-0.05, 0) is 18.2 Å². The minimum Gasteiger partial charge on any atom is -0.360 e. The molecule has 1 aromatic rings. The first-order valence-electron chi connectivity index (χ1n) is 4.17. The predicted molar refractivity (Wildman–Crippen MR) is 54.0 cm³/mol. The Morgan fingerprint density at radius 2 is 1.88 bits per heavy atom. The first-order chi connectivity index (χ1) is 7.69. The summed E-state index contributed by atoms with van der Waals surface area (Å²) in [6, 6.07) is 8.73. The van der Waals surface area contributed by atoms with E-state index in [1.807, 2.05) is 0 Å². The molecule has 5 heteroatoms. The third-order valence-corrected chi connectivity index (χ3v) is 1.65. The molecule has 1 N–H and O–H groups in total. The van der Waals surface area contributed by atoms with E-state index in [0.29, 0.717) is 5.69 Å². The van der Waals surface area contributed by atoms with Crippen LogP contribution in [0.3, 0.4) is 0 Å². The summed E-state index contributed by atoms with van der Waals surface area (Å²) < 4.78 is 13.0. The second kappa shape index (κ2) is 5.14. The van der Waals surface area contributed by atoms with E-state index in [4.69, 9.17) is 15.8 Å². The number of nitrogens with zero attached hydrogens (tertiary/aromatic N) is 3. The molecule has 1 aromatic carbocycles. The highest BCUT2D eigenvalue weighted by Crippen LogP contribution is 2.13. The van der Waals surface area contributed by atoms with Crippen molar-refractivity contribution in [2.75, 3.05) is 5.32 Å². The van der Waals surface area contributed by atoms with Gasteiger partial charge >= 0.3 is 0 Å². The zero-order valence-electron chi connectivity index (χ0n) is 8.03. The lowest BCUT2D eigenvalue weighted by molar-refractivity contribution is 0.628. The van der Waals surface area contributed by atoms with Crippen molar-refractivity contribution in [2.45, 2.75) is 0 Å². The number of anilines is 1. The van der Waals surface area contributed by atoms with Crippen LogP contribution in [0.4, 0.5) is 10.1 Å². The number of hydrogen-bond donors (Lipinski definition) is 1. The highest BCUT2D eigenvalue weighted by Gasteiger charge is 1.99. The second-order valence-corrected chi connectivity index (χ2v) is 2.77. The summed E-state index contributed by atoms with van der Waals surface area (Å²) in [5.74, 6) is -0.564. The first kappa shape index (κ1) is 11.2. The Morgan fingerprint density at radius 3 is 2.44 bits per heavy atom. The Balaban J connectivity index is 2.97. The van der Waals surface area contributed by atoms with Crippen molar-refractivity contribution in [3.05, 3.63) is 41.4 Å². The van der Waals surface area contributed by atoms with Gasteiger partial charge in [0, 0.05) is 11.9 Å². The van der Waals surface area contributed by atoms with Gasteiger partial charge in [0.25, 0.3) is 0 Å². The fourth-order valence-electron chi connectivity index (χ4n) is 0.983. The van der Waals surface area contributed by atoms with E-state index in [-0.39, 0.29) is 11.1 Å². The normalized spacial score (nSPS) is 8.12. The average Bonchev–Trinajstić information content (AvgIpc) is 2.29. The van der Waals surface area contributed by atoms with Crippen molar-refractivity contribution < 1.29 is 4.39 Å². The van der Waals surface area contributed by atoms with Gasteiger partial charge in [0.1, 0.15) is 23.5 Å². The number of nitrogens with one attached hydrogen (secondary N) is 1. The predicted octanol–water partition coefficient (Wildman–Crippen LogP) is 2.04. The topological polar surface area (TPSA) is 83.4 Å². The maximum absolute atomic E-state index is 13.0. The maximum Gasteiger partial charge on any atom is 0.145 e. The average molecular weight is 212 g/mol. The second-order valence-electron chi connectivity index (χ2n) is 2.77. The quantitative estimate of drug-likeness (QED) is 0.760. The van der Waals surface area contributed by atoms with Crippen LogP contribution >= 0.6 is 0 Å². The van der Waals surface area contributed by atoms with Crippen LogP contribution in [0.25, 0.3) is 0 Å². The molecule has 76 valence electrons. The van der Waals surface area contributed by atoms with E-state index in [0.717, 1.165) is 18.3 Å². The third kappa shape index (κ3) is 2.83. The molecule has 0 fully saturated rings. The first-order valence-corrected chi connectivity index (χ1v) is 4.17. The van der Waals surface area contributed by atoms with Crippen LogP contribution < -0.4 is 5.32 Å². The van der Waals surface area contributed by atoms with Gasteiger partial charge in [-0.25, -0.2) is 4.39 Å². The molecular formula is C11H5FN4. The van der Waals surface area contributed by atoms with Crippen LogP contribution in [0.1, 0.15) is 5.56 Å². The minimum atomic E-state index is -0.564. The summed E-state index contributed by atoms with van der Waals surface area (Å²) in [5.41, 5.74) is 0.327. The number of allylic oxidation sites excluding steroid dienone is 1. The summed E-state index contributed by atoms with van der Waals surface area (Å²) in [7, 11) is 0. The lowest BCUT2D eigenvalue weighted by Crippen LogP contribution is -1.92. The highest BCUT2D eigenvalue weighted by atomic mass is 19.1. The Kier molecular flexibility index (Phi) is 3.61. The van der Waals surface area contributed by atoms with Gasteiger partial charge in [-0.1, -0.05) is 0 Å². The van der Waals surface area contributed by atoms with Gasteiger partial charge in [0.05, 0.1) is 11.6 Å². The lowest BCUT2D eigenvalue weighted by atomic mass is 10.2. The van der Waals surface area contributed by atoms with E-state index in [1.165, 1.54) is 6.07 Å². The monoisotopic (exact) mass is 212 g/mol. The largest absolute Gasteiger partial charge is 0.360 e. The maximum atomic E-state index is 13.0. The molecule has 1 rings (SSSR count). The highest BCUT2D eigenvalue weighted by molar-refractivity contribution is 5.53. The van der Waals surface area contributed by atoms with Crippen LogP contribution in [-0.4, -0.2) is 0 Å². The van der Waals surface area contributed by atoms with Gasteiger partial charge < -0.3 is 5.32 Å². The molecular weight excluding hydrogens is 207 g/mol. The summed E-state index contributed by atoms with van der Waals surface area (Å²) in [6.07, 6.45) is 1.15. The molecule has 0 aliphatic rings. The molecule has 16 heavy (non-hydrogen) atoms. The van der Waals surface area contributed by atoms with Crippen molar-refractivity contribution in [1.82, 2.24) is 0 Å². The Morgan fingerprint density at radius 1 is 1.19 bits per heavy atom. The molecule has 0 heterocycles. The molecule has 0 saturated heterocycles. The molecule has 0 atom stereocenters. The molecule has 0 radical (unpaired) electrons. The van der Waals surface area contributed by atoms with Crippen molar-refractivity contribution >= 4 is 5.69 Å². The molecule has 0 aliphatic carbocycles. The van der Waals surface area contributed by atoms with E-state index in [2.05, 4.69) is 5.32 Å². The van der Waals surface area contributed by atoms with Crippen molar-refractivity contribution in [3.8, 4) is 18.2 Å². The van der Waals surface area contributed by atoms with E-state index >= 15 is 0 Å². The molecule has 0 aliphatic heterocycles. The van der Waals surface area contributed by atoms with Gasteiger partial charge in [-0.2, -0.15) is 15.8 Å². The Bertz CT molecular complexity index is 539. The number of hydrogen-bond acceptors (Lipinski definition) is 4. The third-order valence-electron chi connectivity index (χ3n) is 1.65. The van der Waals surface area contributed by atoms with E-state index < -0.39 is 5.82 Å². The Hall–Kier alpha value is -2.84. The van der Waals surface area contributed by atoms with Crippen LogP contribution in [0, 0.1) is 39.8 Å². The van der Waals surface area contributed by atoms with Gasteiger partial charge in [0.2, 0.25) is 0 Å². The van der Waals surface area contributed by atoms with Crippen molar-refractivity contribution in [1.29, 1.82) is 15.8 Å². The number of nitriles is 3.